The Morgan fingerprint density at radius 3 is 2.71 bits per heavy atom. The van der Waals surface area contributed by atoms with Gasteiger partial charge >= 0.3 is 0 Å². The van der Waals surface area contributed by atoms with Crippen molar-refractivity contribution in [3.63, 3.8) is 0 Å². The average molecular weight is 378 g/mol. The van der Waals surface area contributed by atoms with Crippen LogP contribution in [0, 0.1) is 6.92 Å². The maximum Gasteiger partial charge on any atom is 0.206 e. The molecule has 0 atom stereocenters. The molecule has 0 amide bonds. The predicted molar refractivity (Wildman–Crippen MR) is 99.4 cm³/mol. The first-order valence-corrected chi connectivity index (χ1v) is 8.73. The van der Waals surface area contributed by atoms with E-state index in [1.807, 2.05) is 31.2 Å². The summed E-state index contributed by atoms with van der Waals surface area (Å²) in [5.74, 6) is -0.0964. The molecule has 1 N–H and O–H groups in total. The molecule has 24 heavy (non-hydrogen) atoms. The third-order valence-corrected chi connectivity index (χ3v) is 5.00. The molecule has 122 valence electrons. The molecule has 4 nitrogen and oxygen atoms in total. The minimum Gasteiger partial charge on any atom is -0.353 e. The summed E-state index contributed by atoms with van der Waals surface area (Å²) in [6, 6.07) is 12.9. The van der Waals surface area contributed by atoms with Gasteiger partial charge in [-0.25, -0.2) is 0 Å². The Balaban J connectivity index is 1.67. The molecule has 0 aliphatic heterocycles. The van der Waals surface area contributed by atoms with Crippen molar-refractivity contribution in [2.45, 2.75) is 6.92 Å². The van der Waals surface area contributed by atoms with Gasteiger partial charge in [0.25, 0.3) is 0 Å². The summed E-state index contributed by atoms with van der Waals surface area (Å²) in [7, 11) is 0. The fourth-order valence-corrected chi connectivity index (χ4v) is 3.15. The van der Waals surface area contributed by atoms with Crippen LogP contribution in [0.25, 0.3) is 10.6 Å². The SMILES string of the molecule is Cc1cccc(-c2nnc(NCC(=O)c3ccc(Cl)c(Cl)c3)s2)c1. The number of ketones is 1. The van der Waals surface area contributed by atoms with Crippen molar-refractivity contribution < 1.29 is 4.79 Å². The summed E-state index contributed by atoms with van der Waals surface area (Å²) in [5, 5.41) is 13.4. The van der Waals surface area contributed by atoms with Crippen LogP contribution in [0.3, 0.4) is 0 Å². The van der Waals surface area contributed by atoms with Crippen LogP contribution in [0.2, 0.25) is 10.0 Å². The summed E-state index contributed by atoms with van der Waals surface area (Å²) in [4.78, 5) is 12.2. The van der Waals surface area contributed by atoms with E-state index in [9.17, 15) is 4.79 Å². The van der Waals surface area contributed by atoms with Gasteiger partial charge in [0.2, 0.25) is 5.13 Å². The van der Waals surface area contributed by atoms with Gasteiger partial charge in [-0.3, -0.25) is 4.79 Å². The molecule has 0 saturated carbocycles. The van der Waals surface area contributed by atoms with Crippen molar-refractivity contribution in [1.82, 2.24) is 10.2 Å². The molecule has 0 unspecified atom stereocenters. The van der Waals surface area contributed by atoms with E-state index in [-0.39, 0.29) is 12.3 Å². The quantitative estimate of drug-likeness (QED) is 0.627. The van der Waals surface area contributed by atoms with Crippen LogP contribution in [-0.2, 0) is 0 Å². The third kappa shape index (κ3) is 3.93. The van der Waals surface area contributed by atoms with Gasteiger partial charge in [-0.2, -0.15) is 0 Å². The number of nitrogens with one attached hydrogen (secondary N) is 1. The third-order valence-electron chi connectivity index (χ3n) is 3.33. The first-order chi connectivity index (χ1) is 11.5. The molecule has 0 bridgehead atoms. The number of anilines is 1. The van der Waals surface area contributed by atoms with E-state index in [2.05, 4.69) is 15.5 Å². The molecule has 7 heteroatoms. The van der Waals surface area contributed by atoms with Crippen LogP contribution in [-0.4, -0.2) is 22.5 Å². The molecule has 0 spiro atoms. The molecule has 0 radical (unpaired) electrons. The highest BCUT2D eigenvalue weighted by molar-refractivity contribution is 7.18. The summed E-state index contributed by atoms with van der Waals surface area (Å²) in [5.41, 5.74) is 2.67. The van der Waals surface area contributed by atoms with Gasteiger partial charge < -0.3 is 5.32 Å². The van der Waals surface area contributed by atoms with Crippen LogP contribution >= 0.6 is 34.5 Å². The molecule has 3 aromatic rings. The number of aryl methyl sites for hydroxylation is 1. The number of Topliss-reactive ketones (excluding diaryl/α,β-unsaturated/α-hetero) is 1. The van der Waals surface area contributed by atoms with Crippen molar-refractivity contribution in [3.05, 3.63) is 63.6 Å². The van der Waals surface area contributed by atoms with E-state index >= 15 is 0 Å². The van der Waals surface area contributed by atoms with Crippen molar-refractivity contribution in [2.75, 3.05) is 11.9 Å². The van der Waals surface area contributed by atoms with Gasteiger partial charge in [-0.15, -0.1) is 10.2 Å². The fourth-order valence-electron chi connectivity index (χ4n) is 2.12. The van der Waals surface area contributed by atoms with Crippen molar-refractivity contribution in [2.24, 2.45) is 0 Å². The van der Waals surface area contributed by atoms with E-state index in [1.54, 1.807) is 18.2 Å². The number of benzene rings is 2. The number of hydrogen-bond donors (Lipinski definition) is 1. The minimum absolute atomic E-state index is 0.0964. The second-order valence-electron chi connectivity index (χ2n) is 5.19. The number of aromatic nitrogens is 2. The minimum atomic E-state index is -0.0964. The second kappa shape index (κ2) is 7.30. The summed E-state index contributed by atoms with van der Waals surface area (Å²) in [6.07, 6.45) is 0. The largest absolute Gasteiger partial charge is 0.353 e. The van der Waals surface area contributed by atoms with Gasteiger partial charge in [-0.1, -0.05) is 58.3 Å². The highest BCUT2D eigenvalue weighted by Gasteiger charge is 2.11. The molecular weight excluding hydrogens is 365 g/mol. The topological polar surface area (TPSA) is 54.9 Å². The van der Waals surface area contributed by atoms with Crippen LogP contribution in [0.1, 0.15) is 15.9 Å². The molecule has 0 fully saturated rings. The Morgan fingerprint density at radius 1 is 1.12 bits per heavy atom. The molecule has 0 aliphatic carbocycles. The number of halogens is 2. The molecule has 1 heterocycles. The smallest absolute Gasteiger partial charge is 0.206 e. The Kier molecular flexibility index (Phi) is 5.14. The number of carbonyl (C=O) groups is 1. The lowest BCUT2D eigenvalue weighted by molar-refractivity contribution is 0.101. The first-order valence-electron chi connectivity index (χ1n) is 7.15. The van der Waals surface area contributed by atoms with Crippen molar-refractivity contribution in [3.8, 4) is 10.6 Å². The van der Waals surface area contributed by atoms with Gasteiger partial charge in [0.1, 0.15) is 5.01 Å². The van der Waals surface area contributed by atoms with Crippen molar-refractivity contribution >= 4 is 45.5 Å². The monoisotopic (exact) mass is 377 g/mol. The first kappa shape index (κ1) is 16.9. The maximum absolute atomic E-state index is 12.2. The van der Waals surface area contributed by atoms with Gasteiger partial charge in [0, 0.05) is 11.1 Å². The number of rotatable bonds is 5. The zero-order chi connectivity index (χ0) is 17.1. The highest BCUT2D eigenvalue weighted by atomic mass is 35.5. The van der Waals surface area contributed by atoms with E-state index < -0.39 is 0 Å². The number of nitrogens with zero attached hydrogens (tertiary/aromatic N) is 2. The molecular formula is C17H13Cl2N3OS. The molecule has 0 saturated heterocycles. The lowest BCUT2D eigenvalue weighted by Gasteiger charge is -2.03. The molecule has 2 aromatic carbocycles. The number of hydrogen-bond acceptors (Lipinski definition) is 5. The van der Waals surface area contributed by atoms with Crippen LogP contribution in [0.5, 0.6) is 0 Å². The van der Waals surface area contributed by atoms with Crippen molar-refractivity contribution in [1.29, 1.82) is 0 Å². The average Bonchev–Trinajstić information content (AvgIpc) is 3.04. The Bertz CT molecular complexity index is 895. The molecule has 1 aromatic heterocycles. The van der Waals surface area contributed by atoms with Gasteiger partial charge in [-0.05, 0) is 31.2 Å². The Morgan fingerprint density at radius 2 is 1.96 bits per heavy atom. The Labute approximate surface area is 153 Å². The van der Waals surface area contributed by atoms with Gasteiger partial charge in [0.15, 0.2) is 5.78 Å². The van der Waals surface area contributed by atoms with E-state index in [1.165, 1.54) is 11.3 Å². The van der Waals surface area contributed by atoms with Gasteiger partial charge in [0.05, 0.1) is 16.6 Å². The zero-order valence-corrected chi connectivity index (χ0v) is 15.0. The summed E-state index contributed by atoms with van der Waals surface area (Å²) >= 11 is 13.2. The van der Waals surface area contributed by atoms with Crippen LogP contribution in [0.4, 0.5) is 5.13 Å². The maximum atomic E-state index is 12.2. The molecule has 3 rings (SSSR count). The van der Waals surface area contributed by atoms with E-state index in [4.69, 9.17) is 23.2 Å². The standard InChI is InChI=1S/C17H13Cl2N3OS/c1-10-3-2-4-12(7-10)16-21-22-17(24-16)20-9-15(23)11-5-6-13(18)14(19)8-11/h2-8H,9H2,1H3,(H,20,22). The fraction of sp³-hybridized carbons (Fsp3) is 0.118. The second-order valence-corrected chi connectivity index (χ2v) is 6.98. The van der Waals surface area contributed by atoms with Crippen LogP contribution in [0.15, 0.2) is 42.5 Å². The Hall–Kier alpha value is -1.95. The predicted octanol–water partition coefficient (Wildman–Crippen LogP) is 5.12. The van der Waals surface area contributed by atoms with Crippen LogP contribution < -0.4 is 5.32 Å². The lowest BCUT2D eigenvalue weighted by atomic mass is 10.1. The molecule has 0 aliphatic rings. The zero-order valence-electron chi connectivity index (χ0n) is 12.7. The number of carbonyl (C=O) groups excluding carboxylic acids is 1. The van der Waals surface area contributed by atoms with E-state index in [0.717, 1.165) is 16.1 Å². The normalized spacial score (nSPS) is 10.6. The summed E-state index contributed by atoms with van der Waals surface area (Å²) in [6.45, 7) is 2.14. The van der Waals surface area contributed by atoms with E-state index in [0.29, 0.717) is 20.7 Å². The highest BCUT2D eigenvalue weighted by Crippen LogP contribution is 2.27. The summed E-state index contributed by atoms with van der Waals surface area (Å²) < 4.78 is 0. The lowest BCUT2D eigenvalue weighted by Crippen LogP contribution is -2.13.